The number of carbonyl (C=O) groups is 2. The fourth-order valence-electron chi connectivity index (χ4n) is 4.42. The van der Waals surface area contributed by atoms with Crippen LogP contribution in [0.3, 0.4) is 0 Å². The van der Waals surface area contributed by atoms with Gasteiger partial charge in [-0.2, -0.15) is 0 Å². The van der Waals surface area contributed by atoms with E-state index in [0.29, 0.717) is 17.8 Å². The number of benzene rings is 3. The second-order valence-corrected chi connectivity index (χ2v) is 8.60. The molecule has 0 fully saturated rings. The molecule has 0 unspecified atom stereocenters. The van der Waals surface area contributed by atoms with Gasteiger partial charge in [0, 0.05) is 41.0 Å². The Kier molecular flexibility index (Phi) is 10.5. The number of phenolic OH excluding ortho intramolecular Hbond substituents is 2. The minimum atomic E-state index is -0.238. The van der Waals surface area contributed by atoms with Gasteiger partial charge >= 0.3 is 0 Å². The van der Waals surface area contributed by atoms with Gasteiger partial charge in [-0.15, -0.1) is 11.6 Å². The molecule has 0 bridgehead atoms. The topological polar surface area (TPSA) is 119 Å². The van der Waals surface area contributed by atoms with Crippen LogP contribution in [0.1, 0.15) is 35.5 Å². The van der Waals surface area contributed by atoms with Crippen molar-refractivity contribution in [3.05, 3.63) is 89.7 Å². The molecule has 0 spiro atoms. The first-order valence-electron chi connectivity index (χ1n) is 12.8. The second kappa shape index (κ2) is 14.0. The van der Waals surface area contributed by atoms with E-state index in [-0.39, 0.29) is 17.4 Å². The highest BCUT2D eigenvalue weighted by Gasteiger charge is 2.22. The van der Waals surface area contributed by atoms with E-state index < -0.39 is 0 Å². The maximum Gasteiger partial charge on any atom is 0.255 e. The van der Waals surface area contributed by atoms with Crippen LogP contribution < -0.4 is 10.2 Å². The van der Waals surface area contributed by atoms with Crippen molar-refractivity contribution < 1.29 is 19.8 Å². The lowest BCUT2D eigenvalue weighted by Gasteiger charge is -2.12. The van der Waals surface area contributed by atoms with Crippen LogP contribution in [0.2, 0.25) is 0 Å². The van der Waals surface area contributed by atoms with E-state index in [9.17, 15) is 19.8 Å². The number of aromatic nitrogens is 2. The molecule has 4 N–H and O–H groups in total. The van der Waals surface area contributed by atoms with Crippen molar-refractivity contribution in [2.24, 2.45) is 0 Å². The summed E-state index contributed by atoms with van der Waals surface area (Å²) >= 11 is 4.64. The molecule has 208 valence electrons. The fraction of sp³-hybridized carbons (Fsp3) is 0.194. The van der Waals surface area contributed by atoms with Crippen molar-refractivity contribution in [1.29, 1.82) is 0 Å². The largest absolute Gasteiger partial charge is 0.508 e. The molecule has 1 aliphatic heterocycles. The maximum absolute atomic E-state index is 12.0. The van der Waals surface area contributed by atoms with Gasteiger partial charge < -0.3 is 25.4 Å². The highest BCUT2D eigenvalue weighted by atomic mass is 35.5. The van der Waals surface area contributed by atoms with Crippen molar-refractivity contribution >= 4 is 57.1 Å². The van der Waals surface area contributed by atoms with Gasteiger partial charge in [-0.1, -0.05) is 38.1 Å². The number of anilines is 2. The molecule has 6 rings (SSSR count). The quantitative estimate of drug-likeness (QED) is 0.143. The van der Waals surface area contributed by atoms with Crippen LogP contribution in [0, 0.1) is 6.92 Å². The van der Waals surface area contributed by atoms with Crippen LogP contribution in [-0.4, -0.2) is 45.4 Å². The number of rotatable bonds is 3. The lowest BCUT2D eigenvalue weighted by atomic mass is 10.0. The minimum Gasteiger partial charge on any atom is -0.508 e. The molecule has 0 atom stereocenters. The van der Waals surface area contributed by atoms with E-state index in [2.05, 4.69) is 26.9 Å². The number of aromatic hydroxyl groups is 2. The fourth-order valence-corrected chi connectivity index (χ4v) is 4.42. The molecule has 5 aromatic rings. The lowest BCUT2D eigenvalue weighted by molar-refractivity contribution is -0.107. The number of hydrogen-bond acceptors (Lipinski definition) is 5. The molecule has 0 radical (unpaired) electrons. The number of hydrogen-bond donors (Lipinski definition) is 4. The molecule has 40 heavy (non-hydrogen) atoms. The highest BCUT2D eigenvalue weighted by molar-refractivity contribution is 6.15. The summed E-state index contributed by atoms with van der Waals surface area (Å²) < 4.78 is 0. The van der Waals surface area contributed by atoms with E-state index in [0.717, 1.165) is 51.6 Å². The lowest BCUT2D eigenvalue weighted by Crippen LogP contribution is -2.17. The SMILES string of the molecule is CC.CCl.Cc1cc2cc(NC(=O)c3ccc(O)cc3)cnc2[nH]1.O=CN1CCc2c1cc(O)c1ccccc21. The van der Waals surface area contributed by atoms with Gasteiger partial charge in [-0.3, -0.25) is 9.59 Å². The average molecular weight is 561 g/mol. The summed E-state index contributed by atoms with van der Waals surface area (Å²) in [5, 5.41) is 24.7. The zero-order valence-electron chi connectivity index (χ0n) is 22.9. The Balaban J connectivity index is 0.000000200. The van der Waals surface area contributed by atoms with Crippen molar-refractivity contribution in [1.82, 2.24) is 9.97 Å². The Hall–Kier alpha value is -4.56. The first-order chi connectivity index (χ1) is 19.4. The van der Waals surface area contributed by atoms with Crippen molar-refractivity contribution in [2.45, 2.75) is 27.2 Å². The van der Waals surface area contributed by atoms with Crippen molar-refractivity contribution in [2.75, 3.05) is 23.1 Å². The predicted molar refractivity (Wildman–Crippen MR) is 163 cm³/mol. The Labute approximate surface area is 238 Å². The molecule has 3 heterocycles. The van der Waals surface area contributed by atoms with Gasteiger partial charge in [-0.05, 0) is 60.7 Å². The van der Waals surface area contributed by atoms with E-state index in [1.54, 1.807) is 29.3 Å². The summed E-state index contributed by atoms with van der Waals surface area (Å²) in [5.74, 6) is 0.133. The van der Waals surface area contributed by atoms with Crippen LogP contribution in [0.5, 0.6) is 11.5 Å². The van der Waals surface area contributed by atoms with Gasteiger partial charge in [0.25, 0.3) is 5.91 Å². The number of H-pyrrole nitrogens is 1. The molecule has 0 aliphatic carbocycles. The minimum absolute atomic E-state index is 0.132. The molecule has 8 nitrogen and oxygen atoms in total. The molecular formula is C31H33ClN4O4. The zero-order chi connectivity index (χ0) is 29.2. The van der Waals surface area contributed by atoms with E-state index in [1.807, 2.05) is 57.2 Å². The third-order valence-electron chi connectivity index (χ3n) is 6.14. The number of fused-ring (bicyclic) bond motifs is 4. The normalized spacial score (nSPS) is 11.3. The Bertz CT molecular complexity index is 1600. The molecule has 3 aromatic carbocycles. The smallest absolute Gasteiger partial charge is 0.255 e. The highest BCUT2D eigenvalue weighted by Crippen LogP contribution is 2.38. The number of carbonyl (C=O) groups excluding carboxylic acids is 2. The molecule has 2 aromatic heterocycles. The first-order valence-corrected chi connectivity index (χ1v) is 13.6. The summed E-state index contributed by atoms with van der Waals surface area (Å²) in [5.41, 5.74) is 4.93. The Morgan fingerprint density at radius 2 is 1.70 bits per heavy atom. The number of nitrogens with one attached hydrogen (secondary N) is 2. The number of alkyl halides is 1. The Morgan fingerprint density at radius 3 is 2.38 bits per heavy atom. The van der Waals surface area contributed by atoms with Crippen molar-refractivity contribution in [3.63, 3.8) is 0 Å². The summed E-state index contributed by atoms with van der Waals surface area (Å²) in [4.78, 5) is 31.9. The van der Waals surface area contributed by atoms with Crippen LogP contribution in [-0.2, 0) is 11.2 Å². The zero-order valence-corrected chi connectivity index (χ0v) is 23.7. The summed E-state index contributed by atoms with van der Waals surface area (Å²) in [6.45, 7) is 6.66. The van der Waals surface area contributed by atoms with Crippen molar-refractivity contribution in [3.8, 4) is 11.5 Å². The van der Waals surface area contributed by atoms with Crippen LogP contribution in [0.15, 0.2) is 72.9 Å². The summed E-state index contributed by atoms with van der Waals surface area (Å²) in [6, 6.07) is 19.3. The van der Waals surface area contributed by atoms with Gasteiger partial charge in [0.2, 0.25) is 6.41 Å². The first kappa shape index (κ1) is 30.0. The van der Waals surface area contributed by atoms with E-state index in [4.69, 9.17) is 0 Å². The number of phenols is 2. The summed E-state index contributed by atoms with van der Waals surface area (Å²) in [7, 11) is 0. The average Bonchev–Trinajstić information content (AvgIpc) is 3.58. The van der Waals surface area contributed by atoms with Gasteiger partial charge in [0.1, 0.15) is 17.1 Å². The van der Waals surface area contributed by atoms with Crippen LogP contribution in [0.25, 0.3) is 21.8 Å². The number of halogens is 1. The standard InChI is InChI=1S/C15H13N3O2.C13H11NO2.C2H6.CH3Cl/c1-9-6-11-7-12(8-16-14(11)17-9)18-15(20)10-2-4-13(19)5-3-10;15-8-14-6-5-10-9-3-1-2-4-11(9)13(16)7-12(10)14;2*1-2/h2-8,19H,1H3,(H,16,17)(H,18,20);1-4,7-8,16H,5-6H2;1-2H3;1H3. The number of aryl methyl sites for hydroxylation is 1. The van der Waals surface area contributed by atoms with Gasteiger partial charge in [-0.25, -0.2) is 4.98 Å². The molecule has 0 saturated heterocycles. The van der Waals surface area contributed by atoms with Gasteiger partial charge in [0.05, 0.1) is 17.6 Å². The van der Waals surface area contributed by atoms with Crippen LogP contribution in [0.4, 0.5) is 11.4 Å². The predicted octanol–water partition coefficient (Wildman–Crippen LogP) is 6.77. The van der Waals surface area contributed by atoms with E-state index in [1.165, 1.54) is 18.5 Å². The molecule has 0 saturated carbocycles. The summed E-state index contributed by atoms with van der Waals surface area (Å²) in [6.07, 6.45) is 4.76. The molecule has 1 aliphatic rings. The monoisotopic (exact) mass is 560 g/mol. The third-order valence-corrected chi connectivity index (χ3v) is 6.14. The molecule has 9 heteroatoms. The van der Waals surface area contributed by atoms with Crippen LogP contribution >= 0.6 is 11.6 Å². The number of amides is 2. The number of pyridine rings is 1. The molecular weight excluding hydrogens is 528 g/mol. The van der Waals surface area contributed by atoms with E-state index >= 15 is 0 Å². The Morgan fingerprint density at radius 1 is 1.02 bits per heavy atom. The van der Waals surface area contributed by atoms with Gasteiger partial charge in [0.15, 0.2) is 0 Å². The maximum atomic E-state index is 12.0. The number of aromatic amines is 1. The second-order valence-electron chi connectivity index (χ2n) is 8.60. The number of nitrogens with zero attached hydrogens (tertiary/aromatic N) is 2. The third kappa shape index (κ3) is 6.71. The molecule has 2 amide bonds.